The first-order chi connectivity index (χ1) is 8.02. The minimum absolute atomic E-state index is 0.154. The number of hydrogen-bond acceptors (Lipinski definition) is 1. The van der Waals surface area contributed by atoms with Crippen LogP contribution in [0.4, 0.5) is 0 Å². The van der Waals surface area contributed by atoms with Crippen LogP contribution in [0, 0.1) is 5.92 Å². The number of hydrogen-bond donors (Lipinski definition) is 1. The van der Waals surface area contributed by atoms with Gasteiger partial charge in [-0.05, 0) is 12.3 Å². The molecule has 3 heteroatoms. The Labute approximate surface area is 114 Å². The van der Waals surface area contributed by atoms with Crippen molar-refractivity contribution in [1.82, 2.24) is 0 Å². The number of rotatable bonds is 11. The SMILES string of the molecule is CC(C)CCCCCCCCC(Br)CC(=O)O. The first kappa shape index (κ1) is 16.9. The maximum atomic E-state index is 10.4. The van der Waals surface area contributed by atoms with Gasteiger partial charge in [0.25, 0.3) is 0 Å². The number of aliphatic carboxylic acids is 1. The summed E-state index contributed by atoms with van der Waals surface area (Å²) in [6.07, 6.45) is 10.3. The zero-order valence-corrected chi connectivity index (χ0v) is 12.8. The van der Waals surface area contributed by atoms with Crippen molar-refractivity contribution in [2.24, 2.45) is 5.92 Å². The highest BCUT2D eigenvalue weighted by atomic mass is 79.9. The molecule has 0 amide bonds. The molecule has 0 aliphatic rings. The smallest absolute Gasteiger partial charge is 0.304 e. The fourth-order valence-electron chi connectivity index (χ4n) is 1.92. The Morgan fingerprint density at radius 1 is 1.00 bits per heavy atom. The quantitative estimate of drug-likeness (QED) is 0.431. The number of halogens is 1. The Hall–Kier alpha value is -0.0500. The van der Waals surface area contributed by atoms with Crippen molar-refractivity contribution in [2.45, 2.75) is 76.5 Å². The van der Waals surface area contributed by atoms with E-state index in [1.165, 1.54) is 38.5 Å². The van der Waals surface area contributed by atoms with Gasteiger partial charge in [0.15, 0.2) is 0 Å². The molecule has 0 fully saturated rings. The lowest BCUT2D eigenvalue weighted by Gasteiger charge is -2.07. The van der Waals surface area contributed by atoms with Gasteiger partial charge >= 0.3 is 5.97 Å². The van der Waals surface area contributed by atoms with E-state index in [1.54, 1.807) is 0 Å². The van der Waals surface area contributed by atoms with Gasteiger partial charge < -0.3 is 5.11 Å². The molecule has 0 aliphatic heterocycles. The second-order valence-electron chi connectivity index (χ2n) is 5.29. The zero-order valence-electron chi connectivity index (χ0n) is 11.3. The first-order valence-corrected chi connectivity index (χ1v) is 7.79. The molecule has 0 heterocycles. The molecule has 0 aromatic heterocycles. The number of alkyl halides is 1. The summed E-state index contributed by atoms with van der Waals surface area (Å²) >= 11 is 3.41. The molecule has 0 spiro atoms. The monoisotopic (exact) mass is 306 g/mol. The molecule has 1 unspecified atom stereocenters. The van der Waals surface area contributed by atoms with E-state index in [2.05, 4.69) is 29.8 Å². The lowest BCUT2D eigenvalue weighted by atomic mass is 10.0. The predicted molar refractivity (Wildman–Crippen MR) is 76.7 cm³/mol. The number of carboxylic acid groups (broad SMARTS) is 1. The third kappa shape index (κ3) is 13.9. The Morgan fingerprint density at radius 2 is 1.47 bits per heavy atom. The van der Waals surface area contributed by atoms with Gasteiger partial charge in [0, 0.05) is 4.83 Å². The molecule has 0 aliphatic carbocycles. The van der Waals surface area contributed by atoms with Crippen molar-refractivity contribution in [3.63, 3.8) is 0 Å². The van der Waals surface area contributed by atoms with Crippen molar-refractivity contribution in [2.75, 3.05) is 0 Å². The maximum absolute atomic E-state index is 10.4. The Bertz CT molecular complexity index is 193. The molecular formula is C14H27BrO2. The summed E-state index contributed by atoms with van der Waals surface area (Å²) in [4.78, 5) is 10.6. The molecule has 0 saturated heterocycles. The van der Waals surface area contributed by atoms with Gasteiger partial charge in [-0.25, -0.2) is 0 Å². The second-order valence-corrected chi connectivity index (χ2v) is 6.58. The third-order valence-electron chi connectivity index (χ3n) is 2.94. The molecule has 17 heavy (non-hydrogen) atoms. The predicted octanol–water partition coefficient (Wildman–Crippen LogP) is 5.00. The summed E-state index contributed by atoms with van der Waals surface area (Å²) in [5.41, 5.74) is 0. The summed E-state index contributed by atoms with van der Waals surface area (Å²) in [7, 11) is 0. The molecule has 2 nitrogen and oxygen atoms in total. The highest BCUT2D eigenvalue weighted by Crippen LogP contribution is 2.16. The van der Waals surface area contributed by atoms with E-state index in [1.807, 2.05) is 0 Å². The third-order valence-corrected chi connectivity index (χ3v) is 3.73. The maximum Gasteiger partial charge on any atom is 0.304 e. The van der Waals surface area contributed by atoms with Crippen LogP contribution in [0.25, 0.3) is 0 Å². The van der Waals surface area contributed by atoms with Crippen LogP contribution in [0.5, 0.6) is 0 Å². The van der Waals surface area contributed by atoms with Crippen LogP contribution in [-0.4, -0.2) is 15.9 Å². The van der Waals surface area contributed by atoms with Crippen LogP contribution in [0.3, 0.4) is 0 Å². The summed E-state index contributed by atoms with van der Waals surface area (Å²) in [6.45, 7) is 4.55. The Morgan fingerprint density at radius 3 is 1.94 bits per heavy atom. The highest BCUT2D eigenvalue weighted by Gasteiger charge is 2.08. The number of carboxylic acids is 1. The Kier molecular flexibility index (Phi) is 11.0. The largest absolute Gasteiger partial charge is 0.481 e. The molecule has 102 valence electrons. The molecule has 0 radical (unpaired) electrons. The van der Waals surface area contributed by atoms with Crippen LogP contribution >= 0.6 is 15.9 Å². The summed E-state index contributed by atoms with van der Waals surface area (Å²) in [6, 6.07) is 0. The van der Waals surface area contributed by atoms with Gasteiger partial charge in [0.2, 0.25) is 0 Å². The van der Waals surface area contributed by atoms with Crippen molar-refractivity contribution in [1.29, 1.82) is 0 Å². The van der Waals surface area contributed by atoms with Gasteiger partial charge in [-0.2, -0.15) is 0 Å². The average Bonchev–Trinajstić information content (AvgIpc) is 2.20. The lowest BCUT2D eigenvalue weighted by molar-refractivity contribution is -0.136. The molecule has 0 bridgehead atoms. The summed E-state index contributed by atoms with van der Waals surface area (Å²) < 4.78 is 0. The number of carbonyl (C=O) groups is 1. The topological polar surface area (TPSA) is 37.3 Å². The molecule has 0 aromatic carbocycles. The zero-order chi connectivity index (χ0) is 13.1. The molecule has 0 aromatic rings. The van der Waals surface area contributed by atoms with Crippen LogP contribution in [0.15, 0.2) is 0 Å². The molecule has 1 N–H and O–H groups in total. The van der Waals surface area contributed by atoms with E-state index in [-0.39, 0.29) is 11.2 Å². The lowest BCUT2D eigenvalue weighted by Crippen LogP contribution is -2.06. The van der Waals surface area contributed by atoms with E-state index in [9.17, 15) is 4.79 Å². The van der Waals surface area contributed by atoms with Crippen molar-refractivity contribution in [3.8, 4) is 0 Å². The highest BCUT2D eigenvalue weighted by molar-refractivity contribution is 9.09. The van der Waals surface area contributed by atoms with Crippen LogP contribution in [-0.2, 0) is 4.79 Å². The molecule has 0 saturated carbocycles. The van der Waals surface area contributed by atoms with E-state index in [0.717, 1.165) is 18.8 Å². The van der Waals surface area contributed by atoms with Crippen LogP contribution in [0.2, 0.25) is 0 Å². The first-order valence-electron chi connectivity index (χ1n) is 6.88. The molecular weight excluding hydrogens is 280 g/mol. The average molecular weight is 307 g/mol. The van der Waals surface area contributed by atoms with Gasteiger partial charge in [-0.1, -0.05) is 74.7 Å². The van der Waals surface area contributed by atoms with Crippen LogP contribution < -0.4 is 0 Å². The van der Waals surface area contributed by atoms with Crippen LogP contribution in [0.1, 0.15) is 71.6 Å². The van der Waals surface area contributed by atoms with Crippen molar-refractivity contribution in [3.05, 3.63) is 0 Å². The molecule has 1 atom stereocenters. The number of unbranched alkanes of at least 4 members (excludes halogenated alkanes) is 5. The second kappa shape index (κ2) is 11.1. The van der Waals surface area contributed by atoms with E-state index >= 15 is 0 Å². The summed E-state index contributed by atoms with van der Waals surface area (Å²) in [5, 5.41) is 8.60. The minimum Gasteiger partial charge on any atom is -0.481 e. The van der Waals surface area contributed by atoms with Crippen molar-refractivity contribution >= 4 is 21.9 Å². The van der Waals surface area contributed by atoms with Gasteiger partial charge in [0.1, 0.15) is 0 Å². The van der Waals surface area contributed by atoms with E-state index in [4.69, 9.17) is 5.11 Å². The van der Waals surface area contributed by atoms with Crippen molar-refractivity contribution < 1.29 is 9.90 Å². The minimum atomic E-state index is -0.708. The van der Waals surface area contributed by atoms with E-state index < -0.39 is 5.97 Å². The fourth-order valence-corrected chi connectivity index (χ4v) is 2.52. The van der Waals surface area contributed by atoms with Gasteiger partial charge in [-0.3, -0.25) is 4.79 Å². The molecule has 0 rings (SSSR count). The Balaban J connectivity index is 3.15. The normalized spacial score (nSPS) is 12.9. The fraction of sp³-hybridized carbons (Fsp3) is 0.929. The van der Waals surface area contributed by atoms with Gasteiger partial charge in [0.05, 0.1) is 6.42 Å². The van der Waals surface area contributed by atoms with Gasteiger partial charge in [-0.15, -0.1) is 0 Å². The van der Waals surface area contributed by atoms with E-state index in [0.29, 0.717) is 0 Å². The standard InChI is InChI=1S/C14H27BrO2/c1-12(2)9-7-5-3-4-6-8-10-13(15)11-14(16)17/h12-13H,3-11H2,1-2H3,(H,16,17). The summed E-state index contributed by atoms with van der Waals surface area (Å²) in [5.74, 6) is 0.126.